The molecular weight excluding hydrogens is 363 g/mol. The highest BCUT2D eigenvalue weighted by Crippen LogP contribution is 2.33. The summed E-state index contributed by atoms with van der Waals surface area (Å²) in [6.45, 7) is -0.164. The first-order valence-electron chi connectivity index (χ1n) is 6.97. The molecule has 1 aromatic carbocycles. The van der Waals surface area contributed by atoms with Crippen LogP contribution in [0.2, 0.25) is 5.15 Å². The van der Waals surface area contributed by atoms with Crippen LogP contribution in [-0.2, 0) is 11.0 Å². The lowest BCUT2D eigenvalue weighted by Gasteiger charge is -2.20. The molecule has 2 rings (SSSR count). The van der Waals surface area contributed by atoms with Crippen molar-refractivity contribution in [2.45, 2.75) is 12.6 Å². The normalized spacial score (nSPS) is 11.2. The van der Waals surface area contributed by atoms with Gasteiger partial charge in [0.1, 0.15) is 17.6 Å². The lowest BCUT2D eigenvalue weighted by molar-refractivity contribution is -0.138. The number of hydrogen-bond donors (Lipinski definition) is 1. The Balaban J connectivity index is 2.25. The molecule has 0 saturated heterocycles. The molecule has 0 aliphatic carbocycles. The lowest BCUT2D eigenvalue weighted by atomic mass is 10.2. The summed E-state index contributed by atoms with van der Waals surface area (Å²) in [5.74, 6) is -0.854. The highest BCUT2D eigenvalue weighted by Gasteiger charge is 2.30. The van der Waals surface area contributed by atoms with Crippen LogP contribution in [0.5, 0.6) is 6.01 Å². The van der Waals surface area contributed by atoms with E-state index in [0.29, 0.717) is 0 Å². The summed E-state index contributed by atoms with van der Waals surface area (Å²) >= 11 is 5.87. The molecule has 0 aliphatic heterocycles. The van der Waals surface area contributed by atoms with Crippen molar-refractivity contribution >= 4 is 29.1 Å². The van der Waals surface area contributed by atoms with Crippen molar-refractivity contribution < 1.29 is 27.8 Å². The third-order valence-electron chi connectivity index (χ3n) is 3.11. The summed E-state index contributed by atoms with van der Waals surface area (Å²) in [4.78, 5) is 19.7. The number of aromatic nitrogens is 2. The Kier molecular flexibility index (Phi) is 5.68. The van der Waals surface area contributed by atoms with Gasteiger partial charge in [-0.05, 0) is 18.2 Å². The Labute approximate surface area is 145 Å². The monoisotopic (exact) mass is 375 g/mol. The van der Waals surface area contributed by atoms with Crippen LogP contribution in [0.3, 0.4) is 0 Å². The molecular formula is C15H13ClF3N3O3. The molecule has 0 bridgehead atoms. The second kappa shape index (κ2) is 7.56. The summed E-state index contributed by atoms with van der Waals surface area (Å²) in [6, 6.07) is 5.89. The van der Waals surface area contributed by atoms with Gasteiger partial charge < -0.3 is 14.7 Å². The first-order chi connectivity index (χ1) is 11.7. The summed E-state index contributed by atoms with van der Waals surface area (Å²) in [5.41, 5.74) is -0.559. The van der Waals surface area contributed by atoms with Gasteiger partial charge in [0.2, 0.25) is 0 Å². The molecule has 0 aliphatic rings. The minimum atomic E-state index is -4.47. The van der Waals surface area contributed by atoms with Crippen LogP contribution in [0, 0.1) is 0 Å². The molecule has 1 N–H and O–H groups in total. The quantitative estimate of drug-likeness (QED) is 0.775. The number of carboxylic acids is 1. The van der Waals surface area contributed by atoms with E-state index in [9.17, 15) is 18.0 Å². The Morgan fingerprint density at radius 3 is 2.68 bits per heavy atom. The standard InChI is InChI=1S/C15H13ClF3N3O3/c1-22(10-4-2-3-9(7-10)15(17,18)19)12-8-11(16)20-14(21-12)25-6-5-13(23)24/h2-4,7-8H,5-6H2,1H3,(H,23,24). The first kappa shape index (κ1) is 18.8. The van der Waals surface area contributed by atoms with Gasteiger partial charge in [-0.15, -0.1) is 0 Å². The zero-order valence-electron chi connectivity index (χ0n) is 12.9. The van der Waals surface area contributed by atoms with Crippen LogP contribution < -0.4 is 9.64 Å². The summed E-state index contributed by atoms with van der Waals surface area (Å²) in [7, 11) is 1.51. The maximum Gasteiger partial charge on any atom is 0.416 e. The number of halogens is 4. The van der Waals surface area contributed by atoms with Gasteiger partial charge in [0, 0.05) is 18.8 Å². The van der Waals surface area contributed by atoms with Crippen molar-refractivity contribution in [3.8, 4) is 6.01 Å². The number of benzene rings is 1. The SMILES string of the molecule is CN(c1cccc(C(F)(F)F)c1)c1cc(Cl)nc(OCCC(=O)O)n1. The van der Waals surface area contributed by atoms with E-state index in [4.69, 9.17) is 21.4 Å². The first-order valence-corrected chi connectivity index (χ1v) is 7.35. The highest BCUT2D eigenvalue weighted by molar-refractivity contribution is 6.29. The fraction of sp³-hybridized carbons (Fsp3) is 0.267. The van der Waals surface area contributed by atoms with Crippen molar-refractivity contribution in [2.24, 2.45) is 0 Å². The van der Waals surface area contributed by atoms with Gasteiger partial charge in [0.25, 0.3) is 0 Å². The molecule has 1 aromatic heterocycles. The zero-order chi connectivity index (χ0) is 18.6. The van der Waals surface area contributed by atoms with Crippen molar-refractivity contribution in [2.75, 3.05) is 18.6 Å². The van der Waals surface area contributed by atoms with Crippen LogP contribution in [0.15, 0.2) is 30.3 Å². The number of nitrogens with zero attached hydrogens (tertiary/aromatic N) is 3. The lowest BCUT2D eigenvalue weighted by Crippen LogP contribution is -2.14. The van der Waals surface area contributed by atoms with Gasteiger partial charge in [-0.3, -0.25) is 4.79 Å². The molecule has 2 aromatic rings. The topological polar surface area (TPSA) is 75.6 Å². The fourth-order valence-corrected chi connectivity index (χ4v) is 2.04. The molecule has 0 radical (unpaired) electrons. The summed E-state index contributed by atoms with van der Waals surface area (Å²) in [6.07, 6.45) is -4.72. The van der Waals surface area contributed by atoms with Gasteiger partial charge in [-0.2, -0.15) is 23.1 Å². The minimum absolute atomic E-state index is 0.00847. The van der Waals surface area contributed by atoms with Crippen LogP contribution >= 0.6 is 11.6 Å². The number of anilines is 2. The predicted octanol–water partition coefficient (Wildman–Crippen LogP) is 3.77. The Morgan fingerprint density at radius 2 is 2.04 bits per heavy atom. The Morgan fingerprint density at radius 1 is 1.32 bits per heavy atom. The van der Waals surface area contributed by atoms with Gasteiger partial charge >= 0.3 is 18.2 Å². The molecule has 0 atom stereocenters. The number of carbonyl (C=O) groups is 1. The molecule has 10 heteroatoms. The number of hydrogen-bond acceptors (Lipinski definition) is 5. The second-order valence-electron chi connectivity index (χ2n) is 4.93. The maximum absolute atomic E-state index is 12.8. The van der Waals surface area contributed by atoms with Gasteiger partial charge in [-0.1, -0.05) is 17.7 Å². The van der Waals surface area contributed by atoms with Crippen LogP contribution in [-0.4, -0.2) is 34.7 Å². The number of alkyl halides is 3. The predicted molar refractivity (Wildman–Crippen MR) is 84.3 cm³/mol. The maximum atomic E-state index is 12.8. The summed E-state index contributed by atoms with van der Waals surface area (Å²) in [5, 5.41) is 8.59. The smallest absolute Gasteiger partial charge is 0.416 e. The van der Waals surface area contributed by atoms with E-state index in [0.717, 1.165) is 12.1 Å². The van der Waals surface area contributed by atoms with Crippen LogP contribution in [0.4, 0.5) is 24.7 Å². The Hall–Kier alpha value is -2.55. The van der Waals surface area contributed by atoms with Gasteiger partial charge in [-0.25, -0.2) is 0 Å². The van der Waals surface area contributed by atoms with E-state index in [2.05, 4.69) is 9.97 Å². The third kappa shape index (κ3) is 5.21. The fourth-order valence-electron chi connectivity index (χ4n) is 1.87. The van der Waals surface area contributed by atoms with Crippen molar-refractivity contribution in [3.63, 3.8) is 0 Å². The van der Waals surface area contributed by atoms with E-state index in [-0.39, 0.29) is 35.7 Å². The number of carboxylic acid groups (broad SMARTS) is 1. The van der Waals surface area contributed by atoms with Crippen molar-refractivity contribution in [3.05, 3.63) is 41.0 Å². The van der Waals surface area contributed by atoms with Crippen LogP contribution in [0.25, 0.3) is 0 Å². The molecule has 6 nitrogen and oxygen atoms in total. The average Bonchev–Trinajstić information content (AvgIpc) is 2.52. The number of aliphatic carboxylic acids is 1. The minimum Gasteiger partial charge on any atom is -0.481 e. The average molecular weight is 376 g/mol. The second-order valence-corrected chi connectivity index (χ2v) is 5.32. The van der Waals surface area contributed by atoms with E-state index < -0.39 is 17.7 Å². The van der Waals surface area contributed by atoms with Gasteiger partial charge in [0.05, 0.1) is 12.0 Å². The van der Waals surface area contributed by atoms with Crippen molar-refractivity contribution in [1.29, 1.82) is 0 Å². The summed E-state index contributed by atoms with van der Waals surface area (Å²) < 4.78 is 43.6. The molecule has 0 fully saturated rings. The highest BCUT2D eigenvalue weighted by atomic mass is 35.5. The largest absolute Gasteiger partial charge is 0.481 e. The van der Waals surface area contributed by atoms with Crippen LogP contribution in [0.1, 0.15) is 12.0 Å². The number of rotatable bonds is 6. The molecule has 0 amide bonds. The third-order valence-corrected chi connectivity index (χ3v) is 3.31. The Bertz CT molecular complexity index is 771. The van der Waals surface area contributed by atoms with E-state index in [1.165, 1.54) is 30.1 Å². The number of ether oxygens (including phenoxy) is 1. The van der Waals surface area contributed by atoms with Crippen molar-refractivity contribution in [1.82, 2.24) is 9.97 Å². The molecule has 25 heavy (non-hydrogen) atoms. The zero-order valence-corrected chi connectivity index (χ0v) is 13.7. The molecule has 0 spiro atoms. The van der Waals surface area contributed by atoms with E-state index >= 15 is 0 Å². The van der Waals surface area contributed by atoms with Gasteiger partial charge in [0.15, 0.2) is 0 Å². The molecule has 134 valence electrons. The van der Waals surface area contributed by atoms with E-state index in [1.54, 1.807) is 0 Å². The van der Waals surface area contributed by atoms with E-state index in [1.807, 2.05) is 0 Å². The molecule has 0 saturated carbocycles. The molecule has 0 unspecified atom stereocenters. The molecule has 1 heterocycles.